The van der Waals surface area contributed by atoms with Gasteiger partial charge in [0.05, 0.1) is 10.5 Å². The third kappa shape index (κ3) is 3.73. The highest BCUT2D eigenvalue weighted by molar-refractivity contribution is 5.90. The van der Waals surface area contributed by atoms with Gasteiger partial charge in [-0.2, -0.15) is 0 Å². The molecule has 1 rings (SSSR count). The summed E-state index contributed by atoms with van der Waals surface area (Å²) in [6.07, 6.45) is 0. The smallest absolute Gasteiger partial charge is 0.335 e. The highest BCUT2D eigenvalue weighted by Crippen LogP contribution is 2.27. The molecule has 0 amide bonds. The zero-order chi connectivity index (χ0) is 13.9. The zero-order valence-corrected chi connectivity index (χ0v) is 10.6. The molecule has 0 atom stereocenters. The molecule has 0 aliphatic carbocycles. The molecule has 0 aromatic heterocycles. The fourth-order valence-electron chi connectivity index (χ4n) is 1.33. The van der Waals surface area contributed by atoms with E-state index in [4.69, 9.17) is 5.11 Å². The van der Waals surface area contributed by atoms with Crippen LogP contribution < -0.4 is 5.32 Å². The summed E-state index contributed by atoms with van der Waals surface area (Å²) < 4.78 is 0. The number of nitrogens with one attached hydrogen (secondary N) is 1. The topological polar surface area (TPSA) is 92.5 Å². The van der Waals surface area contributed by atoms with Gasteiger partial charge >= 0.3 is 5.97 Å². The zero-order valence-electron chi connectivity index (χ0n) is 10.6. The van der Waals surface area contributed by atoms with Crippen molar-refractivity contribution in [2.45, 2.75) is 20.8 Å². The number of carboxylic acid groups (broad SMARTS) is 1. The van der Waals surface area contributed by atoms with E-state index in [0.29, 0.717) is 6.54 Å². The van der Waals surface area contributed by atoms with Crippen molar-refractivity contribution >= 4 is 17.3 Å². The van der Waals surface area contributed by atoms with Crippen molar-refractivity contribution in [2.75, 3.05) is 11.9 Å². The van der Waals surface area contributed by atoms with Crippen LogP contribution in [0.3, 0.4) is 0 Å². The lowest BCUT2D eigenvalue weighted by Crippen LogP contribution is -2.19. The first kappa shape index (κ1) is 14.0. The minimum Gasteiger partial charge on any atom is -0.478 e. The first-order valence-electron chi connectivity index (χ1n) is 5.46. The highest BCUT2D eigenvalue weighted by Gasteiger charge is 2.18. The second kappa shape index (κ2) is 5.03. The summed E-state index contributed by atoms with van der Waals surface area (Å²) in [5, 5.41) is 22.6. The number of anilines is 1. The number of nitrogens with zero attached hydrogens (tertiary/aromatic N) is 1. The Balaban J connectivity index is 3.08. The van der Waals surface area contributed by atoms with Gasteiger partial charge in [0.1, 0.15) is 5.69 Å². The van der Waals surface area contributed by atoms with Gasteiger partial charge in [-0.25, -0.2) is 4.79 Å². The number of nitro benzene ring substituents is 1. The molecule has 6 heteroatoms. The van der Waals surface area contributed by atoms with Crippen molar-refractivity contribution in [2.24, 2.45) is 5.41 Å². The molecular weight excluding hydrogens is 236 g/mol. The summed E-state index contributed by atoms with van der Waals surface area (Å²) in [6, 6.07) is 3.71. The molecule has 0 radical (unpaired) electrons. The minimum atomic E-state index is -1.11. The Kier molecular flexibility index (Phi) is 3.90. The molecule has 18 heavy (non-hydrogen) atoms. The number of carboxylic acids is 1. The van der Waals surface area contributed by atoms with E-state index in [-0.39, 0.29) is 22.4 Å². The maximum absolute atomic E-state index is 10.8. The Hall–Kier alpha value is -2.11. The van der Waals surface area contributed by atoms with E-state index < -0.39 is 10.9 Å². The highest BCUT2D eigenvalue weighted by atomic mass is 16.6. The fourth-order valence-corrected chi connectivity index (χ4v) is 1.33. The van der Waals surface area contributed by atoms with Crippen LogP contribution in [0.25, 0.3) is 0 Å². The van der Waals surface area contributed by atoms with Crippen LogP contribution in [0.15, 0.2) is 18.2 Å². The number of hydrogen-bond donors (Lipinski definition) is 2. The number of aromatic carboxylic acids is 1. The molecule has 1 aromatic rings. The molecule has 1 aromatic carbocycles. The molecular formula is C12H16N2O4. The molecule has 0 heterocycles. The molecule has 0 bridgehead atoms. The SMILES string of the molecule is CC(C)(C)CNc1cc(C(=O)O)ccc1[N+](=O)[O-]. The molecule has 0 aliphatic rings. The van der Waals surface area contributed by atoms with E-state index >= 15 is 0 Å². The van der Waals surface area contributed by atoms with Crippen molar-refractivity contribution in [3.8, 4) is 0 Å². The molecule has 2 N–H and O–H groups in total. The summed E-state index contributed by atoms with van der Waals surface area (Å²) in [6.45, 7) is 6.45. The average molecular weight is 252 g/mol. The van der Waals surface area contributed by atoms with E-state index in [0.717, 1.165) is 0 Å². The number of nitro groups is 1. The predicted molar refractivity (Wildman–Crippen MR) is 68.0 cm³/mol. The van der Waals surface area contributed by atoms with Gasteiger partial charge in [0, 0.05) is 12.6 Å². The maximum atomic E-state index is 10.8. The molecule has 0 saturated heterocycles. The van der Waals surface area contributed by atoms with Crippen LogP contribution in [0.2, 0.25) is 0 Å². The Morgan fingerprint density at radius 3 is 2.50 bits per heavy atom. The van der Waals surface area contributed by atoms with E-state index in [1.807, 2.05) is 20.8 Å². The van der Waals surface area contributed by atoms with Crippen LogP contribution in [0, 0.1) is 15.5 Å². The monoisotopic (exact) mass is 252 g/mol. The number of hydrogen-bond acceptors (Lipinski definition) is 4. The van der Waals surface area contributed by atoms with Gasteiger partial charge < -0.3 is 10.4 Å². The largest absolute Gasteiger partial charge is 0.478 e. The standard InChI is InChI=1S/C12H16N2O4/c1-12(2,3)7-13-9-6-8(11(15)16)4-5-10(9)14(17)18/h4-6,13H,7H2,1-3H3,(H,15,16). The van der Waals surface area contributed by atoms with Crippen LogP contribution in [0.4, 0.5) is 11.4 Å². The van der Waals surface area contributed by atoms with Gasteiger partial charge in [-0.3, -0.25) is 10.1 Å². The van der Waals surface area contributed by atoms with Crippen molar-refractivity contribution in [1.82, 2.24) is 0 Å². The van der Waals surface area contributed by atoms with Gasteiger partial charge in [0.25, 0.3) is 5.69 Å². The molecule has 0 saturated carbocycles. The maximum Gasteiger partial charge on any atom is 0.335 e. The summed E-state index contributed by atoms with van der Waals surface area (Å²) in [4.78, 5) is 21.2. The van der Waals surface area contributed by atoms with Crippen molar-refractivity contribution in [3.05, 3.63) is 33.9 Å². The molecule has 98 valence electrons. The van der Waals surface area contributed by atoms with Crippen molar-refractivity contribution < 1.29 is 14.8 Å². The molecule has 0 spiro atoms. The predicted octanol–water partition coefficient (Wildman–Crippen LogP) is 2.75. The van der Waals surface area contributed by atoms with Crippen LogP contribution >= 0.6 is 0 Å². The lowest BCUT2D eigenvalue weighted by molar-refractivity contribution is -0.384. The quantitative estimate of drug-likeness (QED) is 0.635. The van der Waals surface area contributed by atoms with Crippen LogP contribution in [-0.2, 0) is 0 Å². The lowest BCUT2D eigenvalue weighted by Gasteiger charge is -2.19. The molecule has 0 fully saturated rings. The summed E-state index contributed by atoms with van der Waals surface area (Å²) in [7, 11) is 0. The van der Waals surface area contributed by atoms with E-state index in [9.17, 15) is 14.9 Å². The molecule has 6 nitrogen and oxygen atoms in total. The normalized spacial score (nSPS) is 11.1. The Labute approximate surface area is 105 Å². The van der Waals surface area contributed by atoms with Crippen LogP contribution in [0.5, 0.6) is 0 Å². The second-order valence-electron chi connectivity index (χ2n) is 5.21. The molecule has 0 unspecified atom stereocenters. The van der Waals surface area contributed by atoms with Crippen LogP contribution in [-0.4, -0.2) is 22.5 Å². The third-order valence-corrected chi connectivity index (χ3v) is 2.25. The Morgan fingerprint density at radius 1 is 1.44 bits per heavy atom. The Morgan fingerprint density at radius 2 is 2.06 bits per heavy atom. The van der Waals surface area contributed by atoms with Gasteiger partial charge in [-0.05, 0) is 17.5 Å². The summed E-state index contributed by atoms with van der Waals surface area (Å²) in [5.41, 5.74) is 0.0729. The summed E-state index contributed by atoms with van der Waals surface area (Å²) in [5.74, 6) is -1.11. The number of rotatable bonds is 4. The lowest BCUT2D eigenvalue weighted by atomic mass is 9.97. The first-order valence-corrected chi connectivity index (χ1v) is 5.46. The van der Waals surface area contributed by atoms with Gasteiger partial charge in [-0.15, -0.1) is 0 Å². The summed E-state index contributed by atoms with van der Waals surface area (Å²) >= 11 is 0. The fraction of sp³-hybridized carbons (Fsp3) is 0.417. The number of carbonyl (C=O) groups is 1. The second-order valence-corrected chi connectivity index (χ2v) is 5.21. The van der Waals surface area contributed by atoms with E-state index in [1.54, 1.807) is 0 Å². The van der Waals surface area contributed by atoms with Gasteiger partial charge in [0.2, 0.25) is 0 Å². The van der Waals surface area contributed by atoms with E-state index in [2.05, 4.69) is 5.32 Å². The van der Waals surface area contributed by atoms with Crippen molar-refractivity contribution in [1.29, 1.82) is 0 Å². The first-order chi connectivity index (χ1) is 8.20. The molecule has 0 aliphatic heterocycles. The van der Waals surface area contributed by atoms with Gasteiger partial charge in [0.15, 0.2) is 0 Å². The Bertz CT molecular complexity index is 477. The minimum absolute atomic E-state index is 0.0250. The van der Waals surface area contributed by atoms with Gasteiger partial charge in [-0.1, -0.05) is 20.8 Å². The van der Waals surface area contributed by atoms with Crippen molar-refractivity contribution in [3.63, 3.8) is 0 Å². The number of benzene rings is 1. The van der Waals surface area contributed by atoms with Crippen LogP contribution in [0.1, 0.15) is 31.1 Å². The third-order valence-electron chi connectivity index (χ3n) is 2.25. The van der Waals surface area contributed by atoms with E-state index in [1.165, 1.54) is 18.2 Å². The average Bonchev–Trinajstić information content (AvgIpc) is 2.24.